The fraction of sp³-hybridized carbons (Fsp3) is 0.208. The molecule has 0 saturated carbocycles. The molecule has 0 saturated heterocycles. The molecule has 0 aliphatic heterocycles. The SMILES string of the molecule is CC(C)(C)c1ccc(N(c2ccc(C#N)cc2)c2ccc3c(c2)C(C)(C)c2cc4cc(N(c5ccc(C#N)cc5)c5ccc(C(C)(C)C)cc5)ccc4cc2-3)cc1. The molecule has 0 heterocycles. The minimum atomic E-state index is -0.257. The highest BCUT2D eigenvalue weighted by molar-refractivity contribution is 5.97. The number of nitrogens with zero attached hydrogens (tertiary/aromatic N) is 4. The summed E-state index contributed by atoms with van der Waals surface area (Å²) in [5.74, 6) is 0. The number of nitriles is 2. The molecule has 0 fully saturated rings. The van der Waals surface area contributed by atoms with Crippen molar-refractivity contribution in [2.45, 2.75) is 71.6 Å². The number of rotatable bonds is 6. The molecular formula is C53H48N4. The number of benzene rings is 7. The van der Waals surface area contributed by atoms with E-state index < -0.39 is 0 Å². The van der Waals surface area contributed by atoms with Gasteiger partial charge in [-0.3, -0.25) is 0 Å². The van der Waals surface area contributed by atoms with Crippen molar-refractivity contribution in [3.05, 3.63) is 179 Å². The maximum atomic E-state index is 9.55. The normalized spacial score (nSPS) is 13.0. The Hall–Kier alpha value is -6.62. The number of hydrogen-bond donors (Lipinski definition) is 0. The van der Waals surface area contributed by atoms with Gasteiger partial charge in [0.15, 0.2) is 0 Å². The largest absolute Gasteiger partial charge is 0.310 e. The Morgan fingerprint density at radius 2 is 0.789 bits per heavy atom. The zero-order chi connectivity index (χ0) is 40.3. The zero-order valence-electron chi connectivity index (χ0n) is 34.1. The second-order valence-corrected chi connectivity index (χ2v) is 17.9. The fourth-order valence-electron chi connectivity index (χ4n) is 8.22. The molecule has 7 aromatic rings. The van der Waals surface area contributed by atoms with Crippen molar-refractivity contribution in [3.63, 3.8) is 0 Å². The molecule has 8 rings (SSSR count). The lowest BCUT2D eigenvalue weighted by Crippen LogP contribution is -2.17. The Morgan fingerprint density at radius 1 is 0.404 bits per heavy atom. The molecule has 0 atom stereocenters. The number of fused-ring (bicyclic) bond motifs is 4. The minimum absolute atomic E-state index is 0.0467. The topological polar surface area (TPSA) is 54.1 Å². The Balaban J connectivity index is 1.21. The molecule has 0 aromatic heterocycles. The van der Waals surface area contributed by atoms with Crippen LogP contribution in [0.15, 0.2) is 146 Å². The molecular weight excluding hydrogens is 693 g/mol. The standard InChI is InChI=1S/C53H48N4/c1-51(2,3)39-14-23-43(24-15-39)56(41-18-9-35(33-54)10-19-41)45-22-13-37-30-48-47-28-27-46(32-50(47)53(7,8)49(48)31-38(37)29-45)57(42-20-11-36(34-55)12-21-42)44-25-16-40(17-26-44)52(4,5)6/h9-32H,1-8H3. The summed E-state index contributed by atoms with van der Waals surface area (Å²) in [5.41, 5.74) is 15.1. The number of anilines is 6. The lowest BCUT2D eigenvalue weighted by atomic mass is 9.81. The monoisotopic (exact) mass is 740 g/mol. The van der Waals surface area contributed by atoms with Crippen LogP contribution in [0, 0.1) is 22.7 Å². The number of hydrogen-bond acceptors (Lipinski definition) is 4. The first kappa shape index (κ1) is 37.3. The molecule has 0 unspecified atom stereocenters. The van der Waals surface area contributed by atoms with Crippen molar-refractivity contribution >= 4 is 44.9 Å². The van der Waals surface area contributed by atoms with Gasteiger partial charge in [0, 0.05) is 39.5 Å². The van der Waals surface area contributed by atoms with E-state index in [0.717, 1.165) is 34.1 Å². The van der Waals surface area contributed by atoms with Crippen molar-refractivity contribution in [2.75, 3.05) is 9.80 Å². The molecule has 0 bridgehead atoms. The first-order valence-corrected chi connectivity index (χ1v) is 19.7. The minimum Gasteiger partial charge on any atom is -0.310 e. The van der Waals surface area contributed by atoms with Gasteiger partial charge in [-0.15, -0.1) is 0 Å². The highest BCUT2D eigenvalue weighted by atomic mass is 15.1. The first-order valence-electron chi connectivity index (χ1n) is 19.7. The highest BCUT2D eigenvalue weighted by Gasteiger charge is 2.36. The van der Waals surface area contributed by atoms with Gasteiger partial charge in [-0.2, -0.15) is 10.5 Å². The average Bonchev–Trinajstić information content (AvgIpc) is 3.42. The third-order valence-corrected chi connectivity index (χ3v) is 11.6. The molecule has 1 aliphatic carbocycles. The van der Waals surface area contributed by atoms with Crippen LogP contribution in [0.25, 0.3) is 21.9 Å². The van der Waals surface area contributed by atoms with Gasteiger partial charge in [0.05, 0.1) is 23.3 Å². The Morgan fingerprint density at radius 3 is 1.23 bits per heavy atom. The third kappa shape index (κ3) is 6.83. The van der Waals surface area contributed by atoms with Gasteiger partial charge >= 0.3 is 0 Å². The highest BCUT2D eigenvalue weighted by Crippen LogP contribution is 2.52. The lowest BCUT2D eigenvalue weighted by molar-refractivity contribution is 0.590. The van der Waals surface area contributed by atoms with Gasteiger partial charge < -0.3 is 9.80 Å². The first-order chi connectivity index (χ1) is 27.1. The molecule has 4 heteroatoms. The predicted molar refractivity (Wildman–Crippen MR) is 238 cm³/mol. The van der Waals surface area contributed by atoms with Gasteiger partial charge in [0.25, 0.3) is 0 Å². The smallest absolute Gasteiger partial charge is 0.0991 e. The second kappa shape index (κ2) is 13.8. The summed E-state index contributed by atoms with van der Waals surface area (Å²) >= 11 is 0. The Bertz CT molecular complexity index is 2710. The van der Waals surface area contributed by atoms with Crippen LogP contribution >= 0.6 is 0 Å². The zero-order valence-corrected chi connectivity index (χ0v) is 34.1. The molecule has 0 amide bonds. The van der Waals surface area contributed by atoms with Crippen molar-refractivity contribution in [2.24, 2.45) is 0 Å². The molecule has 1 aliphatic rings. The van der Waals surface area contributed by atoms with Gasteiger partial charge in [-0.25, -0.2) is 0 Å². The molecule has 0 N–H and O–H groups in total. The van der Waals surface area contributed by atoms with E-state index in [0.29, 0.717) is 11.1 Å². The molecule has 4 nitrogen and oxygen atoms in total. The van der Waals surface area contributed by atoms with Gasteiger partial charge in [0.1, 0.15) is 0 Å². The van der Waals surface area contributed by atoms with Crippen molar-refractivity contribution in [1.82, 2.24) is 0 Å². The second-order valence-electron chi connectivity index (χ2n) is 17.9. The van der Waals surface area contributed by atoms with Crippen LogP contribution in [0.2, 0.25) is 0 Å². The van der Waals surface area contributed by atoms with Crippen LogP contribution < -0.4 is 9.80 Å². The van der Waals surface area contributed by atoms with E-state index in [2.05, 4.69) is 174 Å². The predicted octanol–water partition coefficient (Wildman–Crippen LogP) is 14.4. The summed E-state index contributed by atoms with van der Waals surface area (Å²) in [6, 6.07) is 56.3. The molecule has 0 spiro atoms. The van der Waals surface area contributed by atoms with E-state index >= 15 is 0 Å². The van der Waals surface area contributed by atoms with E-state index in [4.69, 9.17) is 0 Å². The maximum absolute atomic E-state index is 9.55. The lowest BCUT2D eigenvalue weighted by Gasteiger charge is -2.29. The summed E-state index contributed by atoms with van der Waals surface area (Å²) in [6.45, 7) is 18.1. The van der Waals surface area contributed by atoms with Crippen LogP contribution in [0.1, 0.15) is 88.8 Å². The molecule has 280 valence electrons. The van der Waals surface area contributed by atoms with E-state index in [1.165, 1.54) is 44.2 Å². The van der Waals surface area contributed by atoms with E-state index in [1.54, 1.807) is 0 Å². The summed E-state index contributed by atoms with van der Waals surface area (Å²) in [7, 11) is 0. The van der Waals surface area contributed by atoms with Gasteiger partial charge in [-0.1, -0.05) is 91.8 Å². The van der Waals surface area contributed by atoms with Crippen molar-refractivity contribution in [1.29, 1.82) is 10.5 Å². The fourth-order valence-corrected chi connectivity index (χ4v) is 8.22. The summed E-state index contributed by atoms with van der Waals surface area (Å²) in [4.78, 5) is 4.57. The third-order valence-electron chi connectivity index (χ3n) is 11.6. The summed E-state index contributed by atoms with van der Waals surface area (Å²) in [5, 5.41) is 21.4. The quantitative estimate of drug-likeness (QED) is 0.170. The maximum Gasteiger partial charge on any atom is 0.0991 e. The summed E-state index contributed by atoms with van der Waals surface area (Å²) in [6.07, 6.45) is 0. The Kier molecular flexibility index (Phi) is 9.06. The van der Waals surface area contributed by atoms with Gasteiger partial charge in [-0.05, 0) is 164 Å². The van der Waals surface area contributed by atoms with Crippen LogP contribution in [0.5, 0.6) is 0 Å². The van der Waals surface area contributed by atoms with Crippen molar-refractivity contribution < 1.29 is 0 Å². The van der Waals surface area contributed by atoms with Crippen LogP contribution in [-0.4, -0.2) is 0 Å². The average molecular weight is 741 g/mol. The van der Waals surface area contributed by atoms with E-state index in [9.17, 15) is 10.5 Å². The Labute approximate surface area is 337 Å². The van der Waals surface area contributed by atoms with Gasteiger partial charge in [0.2, 0.25) is 0 Å². The molecule has 7 aromatic carbocycles. The van der Waals surface area contributed by atoms with Crippen LogP contribution in [-0.2, 0) is 16.2 Å². The van der Waals surface area contributed by atoms with Crippen LogP contribution in [0.3, 0.4) is 0 Å². The van der Waals surface area contributed by atoms with Crippen LogP contribution in [0.4, 0.5) is 34.1 Å². The van der Waals surface area contributed by atoms with E-state index in [-0.39, 0.29) is 16.2 Å². The van der Waals surface area contributed by atoms with Crippen molar-refractivity contribution in [3.8, 4) is 23.3 Å². The van der Waals surface area contributed by atoms with E-state index in [1.807, 2.05) is 48.5 Å². The summed E-state index contributed by atoms with van der Waals surface area (Å²) < 4.78 is 0. The molecule has 0 radical (unpaired) electrons. The molecule has 57 heavy (non-hydrogen) atoms.